The molecule has 1 amide bonds. The Morgan fingerprint density at radius 3 is 2.50 bits per heavy atom. The van der Waals surface area contributed by atoms with Gasteiger partial charge in [-0.1, -0.05) is 25.5 Å². The molecule has 1 aromatic rings. The number of allylic oxidation sites excluding steroid dienone is 1. The van der Waals surface area contributed by atoms with Crippen LogP contribution in [0.1, 0.15) is 76.1 Å². The van der Waals surface area contributed by atoms with Crippen molar-refractivity contribution in [2.75, 3.05) is 13.7 Å². The molecule has 0 heterocycles. The quantitative estimate of drug-likeness (QED) is 0.455. The fraction of sp³-hybridized carbons (Fsp3) is 0.633. The maximum atomic E-state index is 13.3. The molecule has 6 heteroatoms. The van der Waals surface area contributed by atoms with Crippen LogP contribution in [-0.2, 0) is 14.3 Å². The number of hydrogen-bond donors (Lipinski definition) is 1. The molecule has 0 aromatic heterocycles. The predicted molar refractivity (Wildman–Crippen MR) is 136 cm³/mol. The molecule has 6 nitrogen and oxygen atoms in total. The number of benzene rings is 1. The van der Waals surface area contributed by atoms with Gasteiger partial charge in [0.05, 0.1) is 7.11 Å². The first-order valence-electron chi connectivity index (χ1n) is 13.5. The lowest BCUT2D eigenvalue weighted by Crippen LogP contribution is -2.51. The number of nitrogens with one attached hydrogen (secondary N) is 1. The minimum Gasteiger partial charge on any atom is -0.497 e. The van der Waals surface area contributed by atoms with Gasteiger partial charge in [0.25, 0.3) is 5.91 Å². The van der Waals surface area contributed by atoms with E-state index in [-0.39, 0.29) is 34.7 Å². The normalized spacial score (nSPS) is 37.2. The number of esters is 1. The first kappa shape index (κ1) is 25.0. The van der Waals surface area contributed by atoms with Crippen molar-refractivity contribution in [3.8, 4) is 5.75 Å². The van der Waals surface area contributed by atoms with Crippen molar-refractivity contribution in [1.29, 1.82) is 0 Å². The Morgan fingerprint density at radius 1 is 1.06 bits per heavy atom. The highest BCUT2D eigenvalue weighted by Gasteiger charge is 2.61. The Bertz CT molecular complexity index is 1080. The molecule has 0 saturated heterocycles. The zero-order valence-electron chi connectivity index (χ0n) is 22.0. The maximum Gasteiger partial charge on any atom is 0.302 e. The van der Waals surface area contributed by atoms with Crippen LogP contribution in [0.25, 0.3) is 0 Å². The van der Waals surface area contributed by atoms with Crippen LogP contribution in [0.5, 0.6) is 5.75 Å². The second kappa shape index (κ2) is 9.35. The summed E-state index contributed by atoms with van der Waals surface area (Å²) in [4.78, 5) is 37.6. The van der Waals surface area contributed by atoms with E-state index in [1.807, 2.05) is 0 Å². The lowest BCUT2D eigenvalue weighted by molar-refractivity contribution is -0.148. The summed E-state index contributed by atoms with van der Waals surface area (Å²) >= 11 is 0. The Morgan fingerprint density at radius 2 is 1.81 bits per heavy atom. The van der Waals surface area contributed by atoms with Gasteiger partial charge in [-0.2, -0.15) is 0 Å². The summed E-state index contributed by atoms with van der Waals surface area (Å²) in [5.74, 6) is 1.95. The van der Waals surface area contributed by atoms with Crippen LogP contribution >= 0.6 is 0 Å². The summed E-state index contributed by atoms with van der Waals surface area (Å²) in [5.41, 5.74) is 2.08. The summed E-state index contributed by atoms with van der Waals surface area (Å²) in [6.07, 6.45) is 8.96. The molecule has 7 atom stereocenters. The summed E-state index contributed by atoms with van der Waals surface area (Å²) in [6.45, 7) is 6.60. The maximum absolute atomic E-state index is 13.3. The second-order valence-corrected chi connectivity index (χ2v) is 11.9. The number of ketones is 1. The predicted octanol–water partition coefficient (Wildman–Crippen LogP) is 5.11. The highest BCUT2D eigenvalue weighted by atomic mass is 16.5. The van der Waals surface area contributed by atoms with E-state index in [0.717, 1.165) is 38.5 Å². The summed E-state index contributed by atoms with van der Waals surface area (Å²) in [6, 6.07) is 7.06. The number of fused-ring (bicyclic) bond motifs is 5. The molecular formula is C30H39NO5. The number of carbonyl (C=O) groups is 3. The average Bonchev–Trinajstić information content (AvgIpc) is 3.11. The van der Waals surface area contributed by atoms with Crippen molar-refractivity contribution in [3.63, 3.8) is 0 Å². The zero-order chi connectivity index (χ0) is 25.7. The molecule has 1 aromatic carbocycles. The number of carbonyl (C=O) groups excluding carboxylic acids is 3. The minimum atomic E-state index is -0.194. The molecule has 0 unspecified atom stereocenters. The van der Waals surface area contributed by atoms with E-state index < -0.39 is 0 Å². The van der Waals surface area contributed by atoms with Crippen LogP contribution in [0, 0.1) is 34.5 Å². The molecule has 36 heavy (non-hydrogen) atoms. The Kier molecular flexibility index (Phi) is 6.50. The van der Waals surface area contributed by atoms with Crippen LogP contribution < -0.4 is 10.1 Å². The molecule has 0 aliphatic heterocycles. The van der Waals surface area contributed by atoms with Gasteiger partial charge in [0.1, 0.15) is 17.6 Å². The molecule has 4 aliphatic carbocycles. The van der Waals surface area contributed by atoms with Gasteiger partial charge in [-0.3, -0.25) is 14.4 Å². The first-order chi connectivity index (χ1) is 17.2. The number of methoxy groups -OCH3 is 1. The van der Waals surface area contributed by atoms with E-state index >= 15 is 0 Å². The van der Waals surface area contributed by atoms with E-state index in [4.69, 9.17) is 9.47 Å². The lowest BCUT2D eigenvalue weighted by Gasteiger charge is -2.57. The topological polar surface area (TPSA) is 81.7 Å². The largest absolute Gasteiger partial charge is 0.497 e. The molecule has 3 fully saturated rings. The fourth-order valence-corrected chi connectivity index (χ4v) is 8.24. The van der Waals surface area contributed by atoms with Crippen molar-refractivity contribution >= 4 is 17.7 Å². The number of amides is 1. The fourth-order valence-electron chi connectivity index (χ4n) is 8.24. The molecular weight excluding hydrogens is 454 g/mol. The van der Waals surface area contributed by atoms with Crippen molar-refractivity contribution in [2.45, 2.75) is 71.8 Å². The molecule has 0 bridgehead atoms. The van der Waals surface area contributed by atoms with Crippen molar-refractivity contribution in [2.24, 2.45) is 34.5 Å². The number of ether oxygens (including phenoxy) is 2. The van der Waals surface area contributed by atoms with Gasteiger partial charge in [-0.05, 0) is 85.0 Å². The third-order valence-corrected chi connectivity index (χ3v) is 10.3. The van der Waals surface area contributed by atoms with Crippen LogP contribution in [0.3, 0.4) is 0 Å². The molecule has 3 saturated carbocycles. The Balaban J connectivity index is 1.29. The van der Waals surface area contributed by atoms with E-state index in [1.54, 1.807) is 31.4 Å². The molecule has 1 N–H and O–H groups in total. The third-order valence-electron chi connectivity index (χ3n) is 10.3. The monoisotopic (exact) mass is 493 g/mol. The van der Waals surface area contributed by atoms with Crippen molar-refractivity contribution in [1.82, 2.24) is 5.32 Å². The zero-order valence-corrected chi connectivity index (χ0v) is 22.0. The Hall–Kier alpha value is -2.63. The van der Waals surface area contributed by atoms with Crippen LogP contribution in [-0.4, -0.2) is 37.4 Å². The lowest BCUT2D eigenvalue weighted by atomic mass is 9.47. The molecule has 0 radical (unpaired) electrons. The average molecular weight is 494 g/mol. The summed E-state index contributed by atoms with van der Waals surface area (Å²) in [5, 5.41) is 3.06. The minimum absolute atomic E-state index is 0.000941. The number of Topliss-reactive ketones (excluding diaryl/α,β-unsaturated/α-hetero) is 1. The molecule has 4 aliphatic rings. The van der Waals surface area contributed by atoms with Gasteiger partial charge in [-0.25, -0.2) is 0 Å². The van der Waals surface area contributed by atoms with Gasteiger partial charge in [0, 0.05) is 37.8 Å². The van der Waals surface area contributed by atoms with Crippen LogP contribution in [0.2, 0.25) is 0 Å². The Labute approximate surface area is 214 Å². The van der Waals surface area contributed by atoms with Gasteiger partial charge >= 0.3 is 5.97 Å². The standard InChI is InChI=1S/C30H39NO5/c1-18(32)36-22-11-13-29(2)20(15-22)7-10-23-24(29)12-14-30(3)25(23)16-27(33)26(30)17-31-28(34)19-5-8-21(35-4)9-6-19/h5-9,22-26H,10-17H2,1-4H3,(H,31,34)/t22-,23+,24-,25-,26-,29-,30-/m0/s1. The SMILES string of the molecule is COc1ccc(C(=O)NC[C@H]2C(=O)C[C@H]3[C@@H]4CC=C5C[C@@H](OC(C)=O)CC[C@]5(C)[C@H]4CC[C@]23C)cc1. The van der Waals surface area contributed by atoms with Gasteiger partial charge in [0.15, 0.2) is 0 Å². The third kappa shape index (κ3) is 4.16. The van der Waals surface area contributed by atoms with Crippen LogP contribution in [0.4, 0.5) is 0 Å². The van der Waals surface area contributed by atoms with E-state index in [9.17, 15) is 14.4 Å². The van der Waals surface area contributed by atoms with E-state index in [0.29, 0.717) is 47.8 Å². The van der Waals surface area contributed by atoms with Crippen molar-refractivity contribution in [3.05, 3.63) is 41.5 Å². The smallest absolute Gasteiger partial charge is 0.302 e. The van der Waals surface area contributed by atoms with Crippen molar-refractivity contribution < 1.29 is 23.9 Å². The van der Waals surface area contributed by atoms with Gasteiger partial charge < -0.3 is 14.8 Å². The van der Waals surface area contributed by atoms with E-state index in [2.05, 4.69) is 25.2 Å². The summed E-state index contributed by atoms with van der Waals surface area (Å²) < 4.78 is 10.7. The van der Waals surface area contributed by atoms with E-state index in [1.165, 1.54) is 12.5 Å². The summed E-state index contributed by atoms with van der Waals surface area (Å²) in [7, 11) is 1.60. The van der Waals surface area contributed by atoms with Gasteiger partial charge in [0.2, 0.25) is 0 Å². The second-order valence-electron chi connectivity index (χ2n) is 11.9. The molecule has 194 valence electrons. The molecule has 5 rings (SSSR count). The number of rotatable bonds is 5. The van der Waals surface area contributed by atoms with Gasteiger partial charge in [-0.15, -0.1) is 0 Å². The molecule has 0 spiro atoms. The highest BCUT2D eigenvalue weighted by Crippen LogP contribution is 2.65. The first-order valence-corrected chi connectivity index (χ1v) is 13.5. The van der Waals surface area contributed by atoms with Crippen LogP contribution in [0.15, 0.2) is 35.9 Å². The highest BCUT2D eigenvalue weighted by molar-refractivity contribution is 5.95. The number of hydrogen-bond acceptors (Lipinski definition) is 5.